The maximum Gasteiger partial charge on any atom is 0.138 e. The quantitative estimate of drug-likeness (QED) is 0.507. The van der Waals surface area contributed by atoms with Gasteiger partial charge in [0.15, 0.2) is 0 Å². The maximum absolute atomic E-state index is 5.55. The molecule has 2 heteroatoms. The lowest BCUT2D eigenvalue weighted by atomic mass is 10.1. The van der Waals surface area contributed by atoms with Crippen molar-refractivity contribution in [2.24, 2.45) is 0 Å². The van der Waals surface area contributed by atoms with Crippen LogP contribution in [0.15, 0.2) is 18.2 Å². The molecule has 0 radical (unpaired) electrons. The number of fused-ring (bicyclic) bond motifs is 1. The summed E-state index contributed by atoms with van der Waals surface area (Å²) in [6.07, 6.45) is 1.73. The summed E-state index contributed by atoms with van der Waals surface area (Å²) in [4.78, 5) is 0. The van der Waals surface area contributed by atoms with Crippen LogP contribution in [0.3, 0.4) is 0 Å². The minimum atomic E-state index is 0.586. The van der Waals surface area contributed by atoms with Crippen molar-refractivity contribution < 1.29 is 4.74 Å². The lowest BCUT2D eigenvalue weighted by molar-refractivity contribution is 0.356. The van der Waals surface area contributed by atoms with Crippen LogP contribution < -0.4 is 4.74 Å². The Morgan fingerprint density at radius 2 is 2.36 bits per heavy atom. The number of rotatable bonds is 1. The largest absolute Gasteiger partial charge is 0.492 e. The summed E-state index contributed by atoms with van der Waals surface area (Å²) < 4.78 is 5.52. The minimum Gasteiger partial charge on any atom is -0.492 e. The normalized spacial score (nSPS) is 12.6. The number of alkyl halides is 1. The second-order valence-electron chi connectivity index (χ2n) is 3.13. The Morgan fingerprint density at radius 3 is 3.21 bits per heavy atom. The molecule has 0 N–H and O–H groups in total. The summed E-state index contributed by atoms with van der Waals surface area (Å²) >= 11 is 5.55. The maximum atomic E-state index is 5.55. The molecule has 1 aromatic rings. The summed E-state index contributed by atoms with van der Waals surface area (Å²) in [6.45, 7) is 0.781. The first-order chi connectivity index (χ1) is 6.92. The summed E-state index contributed by atoms with van der Waals surface area (Å²) in [5.74, 6) is 7.66. The van der Waals surface area contributed by atoms with E-state index in [1.54, 1.807) is 0 Å². The third-order valence-electron chi connectivity index (χ3n) is 2.16. The van der Waals surface area contributed by atoms with Gasteiger partial charge in [0.05, 0.1) is 12.2 Å². The van der Waals surface area contributed by atoms with Gasteiger partial charge in [-0.25, -0.2) is 0 Å². The van der Waals surface area contributed by atoms with Crippen molar-refractivity contribution in [3.63, 3.8) is 0 Å². The topological polar surface area (TPSA) is 9.23 Å². The first-order valence-electron chi connectivity index (χ1n) is 4.71. The predicted octanol–water partition coefficient (Wildman–Crippen LogP) is 2.60. The van der Waals surface area contributed by atoms with Crippen LogP contribution in [0, 0.1) is 11.8 Å². The van der Waals surface area contributed by atoms with Crippen LogP contribution in [0.25, 0.3) is 0 Å². The second-order valence-corrected chi connectivity index (χ2v) is 3.51. The van der Waals surface area contributed by atoms with Gasteiger partial charge >= 0.3 is 0 Å². The first-order valence-corrected chi connectivity index (χ1v) is 5.25. The van der Waals surface area contributed by atoms with Gasteiger partial charge in [0, 0.05) is 18.7 Å². The Labute approximate surface area is 89.0 Å². The summed E-state index contributed by atoms with van der Waals surface area (Å²) in [7, 11) is 0. The highest BCUT2D eigenvalue weighted by atomic mass is 35.5. The van der Waals surface area contributed by atoms with Crippen molar-refractivity contribution in [3.05, 3.63) is 29.3 Å². The van der Waals surface area contributed by atoms with Gasteiger partial charge in [0.1, 0.15) is 5.75 Å². The SMILES string of the molecule is ClCCC#Cc1cccc2c1OCC2. The molecule has 0 saturated carbocycles. The van der Waals surface area contributed by atoms with Crippen molar-refractivity contribution in [2.45, 2.75) is 12.8 Å². The van der Waals surface area contributed by atoms with E-state index < -0.39 is 0 Å². The fourth-order valence-electron chi connectivity index (χ4n) is 1.52. The molecule has 1 aliphatic rings. The molecule has 14 heavy (non-hydrogen) atoms. The minimum absolute atomic E-state index is 0.586. The van der Waals surface area contributed by atoms with E-state index in [9.17, 15) is 0 Å². The van der Waals surface area contributed by atoms with E-state index in [4.69, 9.17) is 16.3 Å². The number of ether oxygens (including phenoxy) is 1. The molecule has 0 amide bonds. The van der Waals surface area contributed by atoms with E-state index in [1.165, 1.54) is 5.56 Å². The number of halogens is 1. The van der Waals surface area contributed by atoms with Gasteiger partial charge in [-0.05, 0) is 11.6 Å². The van der Waals surface area contributed by atoms with Crippen LogP contribution in [0.4, 0.5) is 0 Å². The zero-order chi connectivity index (χ0) is 9.80. The first kappa shape index (κ1) is 9.43. The zero-order valence-electron chi connectivity index (χ0n) is 7.85. The van der Waals surface area contributed by atoms with Crippen molar-refractivity contribution in [3.8, 4) is 17.6 Å². The van der Waals surface area contributed by atoms with Gasteiger partial charge < -0.3 is 4.74 Å². The van der Waals surface area contributed by atoms with Crippen LogP contribution >= 0.6 is 11.6 Å². The molecule has 72 valence electrons. The third-order valence-corrected chi connectivity index (χ3v) is 2.35. The molecule has 1 nitrogen and oxygen atoms in total. The Bertz CT molecular complexity index is 387. The molecule has 2 rings (SSSR count). The number of hydrogen-bond acceptors (Lipinski definition) is 1. The zero-order valence-corrected chi connectivity index (χ0v) is 8.60. The highest BCUT2D eigenvalue weighted by Crippen LogP contribution is 2.28. The number of benzene rings is 1. The molecule has 0 unspecified atom stereocenters. The highest BCUT2D eigenvalue weighted by molar-refractivity contribution is 6.18. The smallest absolute Gasteiger partial charge is 0.138 e. The van der Waals surface area contributed by atoms with E-state index in [2.05, 4.69) is 17.9 Å². The van der Waals surface area contributed by atoms with E-state index in [0.29, 0.717) is 5.88 Å². The Hall–Kier alpha value is -1.13. The van der Waals surface area contributed by atoms with Crippen LogP contribution in [0.5, 0.6) is 5.75 Å². The van der Waals surface area contributed by atoms with Gasteiger partial charge in [-0.1, -0.05) is 24.0 Å². The van der Waals surface area contributed by atoms with Crippen molar-refractivity contribution in [1.82, 2.24) is 0 Å². The van der Waals surface area contributed by atoms with Crippen molar-refractivity contribution in [1.29, 1.82) is 0 Å². The Kier molecular flexibility index (Phi) is 2.96. The monoisotopic (exact) mass is 206 g/mol. The standard InChI is InChI=1S/C12H11ClO/c13-8-2-1-4-10-5-3-6-11-7-9-14-12(10)11/h3,5-6H,2,7-9H2. The van der Waals surface area contributed by atoms with E-state index >= 15 is 0 Å². The predicted molar refractivity (Wildman–Crippen MR) is 57.9 cm³/mol. The van der Waals surface area contributed by atoms with Gasteiger partial charge in [0.2, 0.25) is 0 Å². The van der Waals surface area contributed by atoms with Gasteiger partial charge in [-0.3, -0.25) is 0 Å². The molecule has 1 aromatic carbocycles. The highest BCUT2D eigenvalue weighted by Gasteiger charge is 2.13. The van der Waals surface area contributed by atoms with Crippen LogP contribution in [-0.2, 0) is 6.42 Å². The van der Waals surface area contributed by atoms with Crippen molar-refractivity contribution >= 4 is 11.6 Å². The second kappa shape index (κ2) is 4.39. The molecule has 0 fully saturated rings. The molecule has 0 saturated heterocycles. The molecule has 0 spiro atoms. The lowest BCUT2D eigenvalue weighted by Crippen LogP contribution is -1.88. The average Bonchev–Trinajstić information content (AvgIpc) is 2.67. The molecule has 0 aromatic heterocycles. The molecule has 0 aliphatic carbocycles. The molecular formula is C12H11ClO. The Morgan fingerprint density at radius 1 is 1.43 bits per heavy atom. The average molecular weight is 207 g/mol. The van der Waals surface area contributed by atoms with Crippen LogP contribution in [0.2, 0.25) is 0 Å². The van der Waals surface area contributed by atoms with Crippen molar-refractivity contribution in [2.75, 3.05) is 12.5 Å². The summed E-state index contributed by atoms with van der Waals surface area (Å²) in [5, 5.41) is 0. The summed E-state index contributed by atoms with van der Waals surface area (Å²) in [5.41, 5.74) is 2.26. The molecular weight excluding hydrogens is 196 g/mol. The van der Waals surface area contributed by atoms with Crippen LogP contribution in [-0.4, -0.2) is 12.5 Å². The van der Waals surface area contributed by atoms with Crippen LogP contribution in [0.1, 0.15) is 17.5 Å². The molecule has 1 heterocycles. The van der Waals surface area contributed by atoms with E-state index in [-0.39, 0.29) is 0 Å². The summed E-state index contributed by atoms with van der Waals surface area (Å²) in [6, 6.07) is 6.11. The van der Waals surface area contributed by atoms with Gasteiger partial charge in [-0.15, -0.1) is 11.6 Å². The van der Waals surface area contributed by atoms with Gasteiger partial charge in [0.25, 0.3) is 0 Å². The fourth-order valence-corrected chi connectivity index (χ4v) is 1.61. The Balaban J connectivity index is 2.27. The number of para-hydroxylation sites is 1. The molecule has 1 aliphatic heterocycles. The lowest BCUT2D eigenvalue weighted by Gasteiger charge is -2.00. The molecule has 0 bridgehead atoms. The van der Waals surface area contributed by atoms with Gasteiger partial charge in [-0.2, -0.15) is 0 Å². The van der Waals surface area contributed by atoms with E-state index in [0.717, 1.165) is 30.8 Å². The van der Waals surface area contributed by atoms with E-state index in [1.807, 2.05) is 12.1 Å². The molecule has 0 atom stereocenters. The fraction of sp³-hybridized carbons (Fsp3) is 0.333. The number of hydrogen-bond donors (Lipinski definition) is 0. The third kappa shape index (κ3) is 1.86.